The van der Waals surface area contributed by atoms with Crippen molar-refractivity contribution in [3.63, 3.8) is 0 Å². The van der Waals surface area contributed by atoms with Gasteiger partial charge in [0.2, 0.25) is 6.79 Å². The highest BCUT2D eigenvalue weighted by Gasteiger charge is 2.17. The lowest BCUT2D eigenvalue weighted by Crippen LogP contribution is -2.32. The van der Waals surface area contributed by atoms with Gasteiger partial charge in [-0.25, -0.2) is 4.99 Å². The maximum absolute atomic E-state index is 12.1. The molecule has 1 aliphatic rings. The fraction of sp³-hybridized carbons (Fsp3) is 0.429. The Labute approximate surface area is 117 Å². The Hall–Kier alpha value is -2.24. The van der Waals surface area contributed by atoms with Crippen LogP contribution in [0.2, 0.25) is 0 Å². The first kappa shape index (κ1) is 14.2. The third kappa shape index (κ3) is 3.40. The molecule has 0 saturated carbocycles. The number of carbonyl (C=O) groups is 1. The van der Waals surface area contributed by atoms with Crippen molar-refractivity contribution in [2.75, 3.05) is 19.9 Å². The molecule has 1 aliphatic heterocycles. The van der Waals surface area contributed by atoms with Crippen molar-refractivity contribution in [1.29, 1.82) is 0 Å². The van der Waals surface area contributed by atoms with E-state index in [9.17, 15) is 4.79 Å². The standard InChI is InChI=1S/C14H18N2O4/c1-3-7-15-14(18-4-2)16-13(17)10-5-6-11-12(8-10)20-9-19-11/h5-6,8H,3-4,7,9H2,1-2H3,(H,15,16,17). The van der Waals surface area contributed by atoms with E-state index >= 15 is 0 Å². The number of amides is 1. The van der Waals surface area contributed by atoms with Gasteiger partial charge >= 0.3 is 0 Å². The zero-order valence-corrected chi connectivity index (χ0v) is 11.6. The normalized spacial score (nSPS) is 13.2. The molecule has 0 unspecified atom stereocenters. The number of ether oxygens (including phenoxy) is 3. The molecule has 6 heteroatoms. The summed E-state index contributed by atoms with van der Waals surface area (Å²) in [6.45, 7) is 5.09. The molecule has 20 heavy (non-hydrogen) atoms. The van der Waals surface area contributed by atoms with Gasteiger partial charge in [-0.05, 0) is 31.5 Å². The maximum atomic E-state index is 12.1. The number of fused-ring (bicyclic) bond motifs is 1. The number of aliphatic imine (C=N–C) groups is 1. The van der Waals surface area contributed by atoms with Gasteiger partial charge in [0.15, 0.2) is 11.5 Å². The average Bonchev–Trinajstić information content (AvgIpc) is 2.92. The fourth-order valence-corrected chi connectivity index (χ4v) is 1.68. The van der Waals surface area contributed by atoms with Gasteiger partial charge in [-0.15, -0.1) is 0 Å². The van der Waals surface area contributed by atoms with Crippen molar-refractivity contribution in [3.05, 3.63) is 23.8 Å². The quantitative estimate of drug-likeness (QED) is 0.675. The summed E-state index contributed by atoms with van der Waals surface area (Å²) in [5, 5.41) is 2.65. The van der Waals surface area contributed by atoms with Crippen LogP contribution in [0.4, 0.5) is 0 Å². The van der Waals surface area contributed by atoms with Crippen molar-refractivity contribution >= 4 is 11.9 Å². The Morgan fingerprint density at radius 3 is 2.90 bits per heavy atom. The molecule has 1 amide bonds. The lowest BCUT2D eigenvalue weighted by atomic mass is 10.2. The van der Waals surface area contributed by atoms with Gasteiger partial charge in [-0.3, -0.25) is 10.1 Å². The molecule has 2 rings (SSSR count). The van der Waals surface area contributed by atoms with Crippen molar-refractivity contribution in [2.45, 2.75) is 20.3 Å². The first-order chi connectivity index (χ1) is 9.74. The zero-order chi connectivity index (χ0) is 14.4. The van der Waals surface area contributed by atoms with E-state index in [1.165, 1.54) is 0 Å². The third-order valence-electron chi connectivity index (χ3n) is 2.62. The Bertz CT molecular complexity index is 514. The molecular weight excluding hydrogens is 260 g/mol. The van der Waals surface area contributed by atoms with Crippen LogP contribution in [0, 0.1) is 0 Å². The minimum atomic E-state index is -0.286. The molecular formula is C14H18N2O4. The van der Waals surface area contributed by atoms with E-state index in [2.05, 4.69) is 10.3 Å². The highest BCUT2D eigenvalue weighted by Crippen LogP contribution is 2.32. The summed E-state index contributed by atoms with van der Waals surface area (Å²) in [5.41, 5.74) is 0.471. The second kappa shape index (κ2) is 6.79. The monoisotopic (exact) mass is 278 g/mol. The second-order valence-corrected chi connectivity index (χ2v) is 4.14. The van der Waals surface area contributed by atoms with Crippen LogP contribution in [0.15, 0.2) is 23.2 Å². The largest absolute Gasteiger partial charge is 0.465 e. The molecule has 0 saturated heterocycles. The molecule has 0 atom stereocenters. The Morgan fingerprint density at radius 2 is 2.15 bits per heavy atom. The summed E-state index contributed by atoms with van der Waals surface area (Å²) in [5.74, 6) is 0.930. The van der Waals surface area contributed by atoms with E-state index < -0.39 is 0 Å². The first-order valence-electron chi connectivity index (χ1n) is 6.62. The van der Waals surface area contributed by atoms with Crippen LogP contribution in [0.1, 0.15) is 30.6 Å². The summed E-state index contributed by atoms with van der Waals surface area (Å²) in [4.78, 5) is 16.3. The number of hydrogen-bond acceptors (Lipinski definition) is 5. The number of rotatable bonds is 4. The molecule has 0 spiro atoms. The van der Waals surface area contributed by atoms with Gasteiger partial charge in [0.1, 0.15) is 0 Å². The minimum Gasteiger partial charge on any atom is -0.465 e. The molecule has 1 aromatic rings. The van der Waals surface area contributed by atoms with Gasteiger partial charge in [0.05, 0.1) is 6.61 Å². The predicted octanol–water partition coefficient (Wildman–Crippen LogP) is 1.95. The van der Waals surface area contributed by atoms with E-state index in [4.69, 9.17) is 14.2 Å². The molecule has 0 fully saturated rings. The SMILES string of the molecule is CCCN=C(NC(=O)c1ccc2c(c1)OCO2)OCC. The van der Waals surface area contributed by atoms with Crippen LogP contribution in [0.5, 0.6) is 11.5 Å². The van der Waals surface area contributed by atoms with Crippen LogP contribution in [0.25, 0.3) is 0 Å². The Balaban J connectivity index is 2.06. The van der Waals surface area contributed by atoms with Gasteiger partial charge in [0, 0.05) is 12.1 Å². The Kier molecular flexibility index (Phi) is 4.81. The number of nitrogens with zero attached hydrogens (tertiary/aromatic N) is 1. The van der Waals surface area contributed by atoms with Gasteiger partial charge in [0.25, 0.3) is 11.9 Å². The van der Waals surface area contributed by atoms with Crippen LogP contribution < -0.4 is 14.8 Å². The van der Waals surface area contributed by atoms with Gasteiger partial charge in [-0.2, -0.15) is 0 Å². The minimum absolute atomic E-state index is 0.183. The first-order valence-corrected chi connectivity index (χ1v) is 6.62. The van der Waals surface area contributed by atoms with Crippen molar-refractivity contribution < 1.29 is 19.0 Å². The Morgan fingerprint density at radius 1 is 1.35 bits per heavy atom. The molecule has 0 aromatic heterocycles. The lowest BCUT2D eigenvalue weighted by Gasteiger charge is -2.09. The highest BCUT2D eigenvalue weighted by molar-refractivity contribution is 6.04. The molecule has 1 N–H and O–H groups in total. The van der Waals surface area contributed by atoms with Crippen LogP contribution >= 0.6 is 0 Å². The highest BCUT2D eigenvalue weighted by atomic mass is 16.7. The van der Waals surface area contributed by atoms with Gasteiger partial charge < -0.3 is 14.2 Å². The topological polar surface area (TPSA) is 69.2 Å². The molecule has 1 heterocycles. The predicted molar refractivity (Wildman–Crippen MR) is 74.3 cm³/mol. The van der Waals surface area contributed by atoms with Crippen molar-refractivity contribution in [2.24, 2.45) is 4.99 Å². The number of amidine groups is 1. The molecule has 0 bridgehead atoms. The summed E-state index contributed by atoms with van der Waals surface area (Å²) in [7, 11) is 0. The van der Waals surface area contributed by atoms with E-state index in [0.29, 0.717) is 30.2 Å². The molecule has 0 radical (unpaired) electrons. The van der Waals surface area contributed by atoms with E-state index in [0.717, 1.165) is 6.42 Å². The van der Waals surface area contributed by atoms with Crippen molar-refractivity contribution in [1.82, 2.24) is 5.32 Å². The number of hydrogen-bond donors (Lipinski definition) is 1. The molecule has 1 aromatic carbocycles. The summed E-state index contributed by atoms with van der Waals surface area (Å²) < 4.78 is 15.7. The van der Waals surface area contributed by atoms with Crippen LogP contribution in [0.3, 0.4) is 0 Å². The summed E-state index contributed by atoms with van der Waals surface area (Å²) >= 11 is 0. The van der Waals surface area contributed by atoms with Crippen molar-refractivity contribution in [3.8, 4) is 11.5 Å². The van der Waals surface area contributed by atoms with Gasteiger partial charge in [-0.1, -0.05) is 6.92 Å². The number of benzene rings is 1. The summed E-state index contributed by atoms with van der Waals surface area (Å²) in [6.07, 6.45) is 0.885. The third-order valence-corrected chi connectivity index (χ3v) is 2.62. The summed E-state index contributed by atoms with van der Waals surface area (Å²) in [6, 6.07) is 5.27. The van der Waals surface area contributed by atoms with E-state index in [1.54, 1.807) is 18.2 Å². The number of carbonyl (C=O) groups excluding carboxylic acids is 1. The van der Waals surface area contributed by atoms with Crippen LogP contribution in [-0.4, -0.2) is 31.9 Å². The fourth-order valence-electron chi connectivity index (χ4n) is 1.68. The average molecular weight is 278 g/mol. The van der Waals surface area contributed by atoms with Crippen LogP contribution in [-0.2, 0) is 4.74 Å². The second-order valence-electron chi connectivity index (χ2n) is 4.14. The van der Waals surface area contributed by atoms with E-state index in [-0.39, 0.29) is 18.7 Å². The molecule has 0 aliphatic carbocycles. The van der Waals surface area contributed by atoms with E-state index in [1.807, 2.05) is 13.8 Å². The molecule has 108 valence electrons. The smallest absolute Gasteiger partial charge is 0.291 e. The zero-order valence-electron chi connectivity index (χ0n) is 11.6. The number of nitrogens with one attached hydrogen (secondary N) is 1. The lowest BCUT2D eigenvalue weighted by molar-refractivity contribution is 0.0965. The molecule has 6 nitrogen and oxygen atoms in total. The maximum Gasteiger partial charge on any atom is 0.291 e.